The lowest BCUT2D eigenvalue weighted by molar-refractivity contribution is -0.139. The predicted octanol–water partition coefficient (Wildman–Crippen LogP) is 2.95. The molecule has 1 atom stereocenters. The average molecular weight is 289 g/mol. The van der Waals surface area contributed by atoms with Gasteiger partial charge in [-0.05, 0) is 44.5 Å². The van der Waals surface area contributed by atoms with E-state index in [1.807, 2.05) is 26.0 Å². The molecule has 21 heavy (non-hydrogen) atoms. The molecular weight excluding hydrogens is 270 g/mol. The van der Waals surface area contributed by atoms with E-state index < -0.39 is 12.1 Å². The summed E-state index contributed by atoms with van der Waals surface area (Å²) in [5.41, 5.74) is 0.781. The van der Waals surface area contributed by atoms with Gasteiger partial charge in [-0.25, -0.2) is 4.79 Å². The van der Waals surface area contributed by atoms with Crippen molar-refractivity contribution in [1.29, 1.82) is 5.26 Å². The van der Waals surface area contributed by atoms with Crippen LogP contribution < -0.4 is 9.47 Å². The molecule has 0 bridgehead atoms. The summed E-state index contributed by atoms with van der Waals surface area (Å²) >= 11 is 0. The van der Waals surface area contributed by atoms with Crippen LogP contribution in [0.2, 0.25) is 0 Å². The van der Waals surface area contributed by atoms with Crippen LogP contribution in [0.25, 0.3) is 6.08 Å². The molecule has 0 aliphatic carbocycles. The fraction of sp³-hybridized carbons (Fsp3) is 0.375. The first-order valence-corrected chi connectivity index (χ1v) is 6.78. The minimum absolute atomic E-state index is 0.523. The summed E-state index contributed by atoms with van der Waals surface area (Å²) in [6, 6.07) is 7.21. The number of benzene rings is 1. The lowest BCUT2D eigenvalue weighted by Crippen LogP contribution is -2.10. The zero-order chi connectivity index (χ0) is 15.7. The highest BCUT2D eigenvalue weighted by Crippen LogP contribution is 2.28. The Morgan fingerprint density at radius 1 is 1.29 bits per heavy atom. The first-order chi connectivity index (χ1) is 10.1. The van der Waals surface area contributed by atoms with Gasteiger partial charge < -0.3 is 14.2 Å². The van der Waals surface area contributed by atoms with E-state index in [4.69, 9.17) is 19.5 Å². The Hall–Kier alpha value is -2.48. The normalized spacial score (nSPS) is 11.7. The second kappa shape index (κ2) is 8.64. The van der Waals surface area contributed by atoms with Crippen LogP contribution in [0.5, 0.6) is 11.5 Å². The van der Waals surface area contributed by atoms with Crippen LogP contribution in [0.3, 0.4) is 0 Å². The Balaban J connectivity index is 2.82. The summed E-state index contributed by atoms with van der Waals surface area (Å²) < 4.78 is 15.8. The van der Waals surface area contributed by atoms with E-state index in [9.17, 15) is 4.79 Å². The molecule has 0 amide bonds. The summed E-state index contributed by atoms with van der Waals surface area (Å²) in [5, 5.41) is 8.56. The Labute approximate surface area is 124 Å². The zero-order valence-corrected chi connectivity index (χ0v) is 12.5. The van der Waals surface area contributed by atoms with Crippen molar-refractivity contribution in [3.63, 3.8) is 0 Å². The minimum Gasteiger partial charge on any atom is -0.490 e. The molecule has 5 nitrogen and oxygen atoms in total. The van der Waals surface area contributed by atoms with E-state index in [-0.39, 0.29) is 0 Å². The Morgan fingerprint density at radius 2 is 1.95 bits per heavy atom. The van der Waals surface area contributed by atoms with Crippen molar-refractivity contribution in [3.8, 4) is 17.6 Å². The summed E-state index contributed by atoms with van der Waals surface area (Å²) in [6.45, 7) is 6.37. The highest BCUT2D eigenvalue weighted by molar-refractivity contribution is 5.87. The predicted molar refractivity (Wildman–Crippen MR) is 79.0 cm³/mol. The number of hydrogen-bond donors (Lipinski definition) is 0. The number of nitriles is 1. The van der Waals surface area contributed by atoms with Crippen molar-refractivity contribution in [2.75, 3.05) is 13.2 Å². The fourth-order valence-corrected chi connectivity index (χ4v) is 1.58. The van der Waals surface area contributed by atoms with Gasteiger partial charge in [0.25, 0.3) is 0 Å². The second-order valence-electron chi connectivity index (χ2n) is 4.11. The maximum absolute atomic E-state index is 11.4. The molecule has 0 saturated carbocycles. The SMILES string of the molecule is CCOc1ccc(/C=C/C(=O)O[C@H](C)C#N)cc1OCC. The van der Waals surface area contributed by atoms with E-state index in [2.05, 4.69) is 0 Å². The first-order valence-electron chi connectivity index (χ1n) is 6.78. The topological polar surface area (TPSA) is 68.5 Å². The van der Waals surface area contributed by atoms with Gasteiger partial charge in [-0.15, -0.1) is 0 Å². The number of hydrogen-bond acceptors (Lipinski definition) is 5. The molecule has 0 aromatic heterocycles. The Bertz CT molecular complexity index is 546. The van der Waals surface area contributed by atoms with Gasteiger partial charge in [0.1, 0.15) is 6.07 Å². The molecule has 0 aliphatic rings. The molecule has 0 unspecified atom stereocenters. The standard InChI is InChI=1S/C16H19NO4/c1-4-19-14-8-6-13(10-15(14)20-5-2)7-9-16(18)21-12(3)11-17/h6-10,12H,4-5H2,1-3H3/b9-7+/t12-/m1/s1. The molecule has 1 rings (SSSR count). The summed E-state index contributed by atoms with van der Waals surface area (Å²) in [5.74, 6) is 0.730. The highest BCUT2D eigenvalue weighted by Gasteiger charge is 2.06. The van der Waals surface area contributed by atoms with E-state index in [0.29, 0.717) is 24.7 Å². The second-order valence-corrected chi connectivity index (χ2v) is 4.11. The van der Waals surface area contributed by atoms with Crippen molar-refractivity contribution in [1.82, 2.24) is 0 Å². The quantitative estimate of drug-likeness (QED) is 0.570. The van der Waals surface area contributed by atoms with E-state index in [1.54, 1.807) is 18.2 Å². The van der Waals surface area contributed by atoms with Gasteiger partial charge in [0, 0.05) is 6.08 Å². The molecular formula is C16H19NO4. The van der Waals surface area contributed by atoms with Crippen LogP contribution >= 0.6 is 0 Å². The van der Waals surface area contributed by atoms with E-state index >= 15 is 0 Å². The maximum Gasteiger partial charge on any atom is 0.332 e. The monoisotopic (exact) mass is 289 g/mol. The summed E-state index contributed by atoms with van der Waals surface area (Å²) in [6.07, 6.45) is 2.12. The Morgan fingerprint density at radius 3 is 2.57 bits per heavy atom. The molecule has 0 spiro atoms. The zero-order valence-electron chi connectivity index (χ0n) is 12.5. The van der Waals surface area contributed by atoms with Crippen LogP contribution in [-0.2, 0) is 9.53 Å². The number of rotatable bonds is 7. The van der Waals surface area contributed by atoms with Crippen LogP contribution in [-0.4, -0.2) is 25.3 Å². The molecule has 0 N–H and O–H groups in total. The van der Waals surface area contributed by atoms with Gasteiger partial charge in [0.2, 0.25) is 0 Å². The van der Waals surface area contributed by atoms with Crippen molar-refractivity contribution in [2.24, 2.45) is 0 Å². The van der Waals surface area contributed by atoms with Crippen molar-refractivity contribution in [2.45, 2.75) is 26.9 Å². The number of ether oxygens (including phenoxy) is 3. The number of nitrogens with zero attached hydrogens (tertiary/aromatic N) is 1. The molecule has 5 heteroatoms. The van der Waals surface area contributed by atoms with Gasteiger partial charge >= 0.3 is 5.97 Å². The smallest absolute Gasteiger partial charge is 0.332 e. The highest BCUT2D eigenvalue weighted by atomic mass is 16.5. The van der Waals surface area contributed by atoms with Crippen LogP contribution in [0.4, 0.5) is 0 Å². The molecule has 0 radical (unpaired) electrons. The van der Waals surface area contributed by atoms with Crippen LogP contribution in [0, 0.1) is 11.3 Å². The van der Waals surface area contributed by atoms with Crippen molar-refractivity contribution >= 4 is 12.0 Å². The molecule has 0 aliphatic heterocycles. The Kier molecular flexibility index (Phi) is 6.82. The third-order valence-electron chi connectivity index (χ3n) is 2.45. The fourth-order valence-electron chi connectivity index (χ4n) is 1.58. The van der Waals surface area contributed by atoms with Gasteiger partial charge in [-0.2, -0.15) is 5.26 Å². The summed E-state index contributed by atoms with van der Waals surface area (Å²) in [7, 11) is 0. The average Bonchev–Trinajstić information content (AvgIpc) is 2.47. The molecule has 112 valence electrons. The lowest BCUT2D eigenvalue weighted by Gasteiger charge is -2.11. The summed E-state index contributed by atoms with van der Waals surface area (Å²) in [4.78, 5) is 11.4. The van der Waals surface area contributed by atoms with Gasteiger partial charge in [0.15, 0.2) is 17.6 Å². The third-order valence-corrected chi connectivity index (χ3v) is 2.45. The van der Waals surface area contributed by atoms with E-state index in [1.165, 1.54) is 13.0 Å². The molecule has 0 fully saturated rings. The molecule has 1 aromatic carbocycles. The van der Waals surface area contributed by atoms with Gasteiger partial charge in [-0.1, -0.05) is 6.07 Å². The van der Waals surface area contributed by atoms with Crippen LogP contribution in [0.15, 0.2) is 24.3 Å². The maximum atomic E-state index is 11.4. The molecule has 0 heterocycles. The minimum atomic E-state index is -0.763. The molecule has 0 saturated heterocycles. The number of carbonyl (C=O) groups excluding carboxylic acids is 1. The van der Waals surface area contributed by atoms with Gasteiger partial charge in [0.05, 0.1) is 13.2 Å². The number of carbonyl (C=O) groups is 1. The van der Waals surface area contributed by atoms with Gasteiger partial charge in [-0.3, -0.25) is 0 Å². The third kappa shape index (κ3) is 5.57. The largest absolute Gasteiger partial charge is 0.490 e. The lowest BCUT2D eigenvalue weighted by atomic mass is 10.2. The number of esters is 1. The van der Waals surface area contributed by atoms with Crippen LogP contribution in [0.1, 0.15) is 26.3 Å². The van der Waals surface area contributed by atoms with E-state index in [0.717, 1.165) is 5.56 Å². The molecule has 1 aromatic rings. The van der Waals surface area contributed by atoms with Crippen molar-refractivity contribution in [3.05, 3.63) is 29.8 Å². The van der Waals surface area contributed by atoms with Crippen molar-refractivity contribution < 1.29 is 19.0 Å². The first kappa shape index (κ1) is 16.6.